The fourth-order valence-corrected chi connectivity index (χ4v) is 5.22. The Morgan fingerprint density at radius 2 is 1.34 bits per heavy atom. The van der Waals surface area contributed by atoms with Crippen molar-refractivity contribution in [3.8, 4) is 0 Å². The maximum Gasteiger partial charge on any atom is 0.0701 e. The van der Waals surface area contributed by atoms with Crippen molar-refractivity contribution < 1.29 is 28.4 Å². The van der Waals surface area contributed by atoms with Gasteiger partial charge in [0.2, 0.25) is 0 Å². The summed E-state index contributed by atoms with van der Waals surface area (Å²) < 4.78 is 35.0. The fourth-order valence-electron chi connectivity index (χ4n) is 5.22. The summed E-state index contributed by atoms with van der Waals surface area (Å²) in [5, 5.41) is 2.56. The number of hydrogen-bond donors (Lipinski definition) is 0. The van der Waals surface area contributed by atoms with Gasteiger partial charge in [-0.15, -0.1) is 0 Å². The number of fused-ring (bicyclic) bond motifs is 4. The molecule has 8 heteroatoms. The van der Waals surface area contributed by atoms with Crippen LogP contribution in [0, 0.1) is 0 Å². The third-order valence-corrected chi connectivity index (χ3v) is 7.18. The van der Waals surface area contributed by atoms with Crippen molar-refractivity contribution in [2.24, 2.45) is 0 Å². The van der Waals surface area contributed by atoms with E-state index < -0.39 is 0 Å². The lowest BCUT2D eigenvalue weighted by molar-refractivity contribution is -0.0299. The van der Waals surface area contributed by atoms with Crippen LogP contribution in [0.15, 0.2) is 36.4 Å². The fraction of sp³-hybridized carbons (Fsp3) is 0.667. The number of rotatable bonds is 7. The predicted molar refractivity (Wildman–Crippen MR) is 149 cm³/mol. The molecule has 2 aromatic rings. The van der Waals surface area contributed by atoms with E-state index in [1.165, 1.54) is 21.9 Å². The first-order valence-corrected chi connectivity index (χ1v) is 14.1. The van der Waals surface area contributed by atoms with Crippen LogP contribution in [0.25, 0.3) is 10.8 Å². The highest BCUT2D eigenvalue weighted by molar-refractivity contribution is 5.84. The van der Waals surface area contributed by atoms with E-state index >= 15 is 0 Å². The first-order chi connectivity index (χ1) is 18.7. The van der Waals surface area contributed by atoms with Gasteiger partial charge in [-0.3, -0.25) is 4.90 Å². The molecule has 2 atom stereocenters. The molecule has 0 spiro atoms. The van der Waals surface area contributed by atoms with Crippen molar-refractivity contribution in [2.75, 3.05) is 106 Å². The normalized spacial score (nSPS) is 23.1. The van der Waals surface area contributed by atoms with E-state index in [9.17, 15) is 0 Å². The summed E-state index contributed by atoms with van der Waals surface area (Å²) in [6.07, 6.45) is 2.05. The highest BCUT2D eigenvalue weighted by atomic mass is 16.6. The summed E-state index contributed by atoms with van der Waals surface area (Å²) in [6.45, 7) is 9.17. The van der Waals surface area contributed by atoms with E-state index in [2.05, 4.69) is 60.3 Å². The van der Waals surface area contributed by atoms with Crippen LogP contribution < -0.4 is 0 Å². The van der Waals surface area contributed by atoms with Gasteiger partial charge in [-0.05, 0) is 61.0 Å². The average molecular weight is 531 g/mol. The molecular formula is C30H46N2O6. The second kappa shape index (κ2) is 16.5. The third kappa shape index (κ3) is 8.96. The second-order valence-corrected chi connectivity index (χ2v) is 10.2. The molecule has 1 saturated heterocycles. The highest BCUT2D eigenvalue weighted by Gasteiger charge is 2.38. The summed E-state index contributed by atoms with van der Waals surface area (Å²) in [4.78, 5) is 4.74. The standard InChI is InChI=1S/C30H46N2O6/c1-31(2)9-12-33-11-5-8-29-27-22-25-6-3-4-7-26(25)23-28(27)30-24-38-21-20-37-19-18-36-17-16-35-15-14-34-13-10-32(29)30/h3-4,6-7,22-23,29-30H,5,8-21,24H2,1-2H3. The number of likely N-dealkylation sites (N-methyl/N-ethyl adjacent to an activating group) is 1. The molecule has 0 radical (unpaired) electrons. The van der Waals surface area contributed by atoms with E-state index in [-0.39, 0.29) is 6.04 Å². The molecular weight excluding hydrogens is 484 g/mol. The van der Waals surface area contributed by atoms with Gasteiger partial charge >= 0.3 is 0 Å². The highest BCUT2D eigenvalue weighted by Crippen LogP contribution is 2.45. The van der Waals surface area contributed by atoms with Crippen LogP contribution in [0.2, 0.25) is 0 Å². The quantitative estimate of drug-likeness (QED) is 0.503. The van der Waals surface area contributed by atoms with Gasteiger partial charge in [0.1, 0.15) is 0 Å². The molecule has 2 unspecified atom stereocenters. The largest absolute Gasteiger partial charge is 0.380 e. The van der Waals surface area contributed by atoms with Gasteiger partial charge < -0.3 is 33.3 Å². The monoisotopic (exact) mass is 530 g/mol. The van der Waals surface area contributed by atoms with E-state index in [0.29, 0.717) is 72.1 Å². The molecule has 0 saturated carbocycles. The van der Waals surface area contributed by atoms with E-state index in [1.54, 1.807) is 0 Å². The number of benzene rings is 2. The van der Waals surface area contributed by atoms with Crippen LogP contribution in [0.1, 0.15) is 36.1 Å². The number of ether oxygens (including phenoxy) is 6. The van der Waals surface area contributed by atoms with Crippen molar-refractivity contribution in [3.63, 3.8) is 0 Å². The van der Waals surface area contributed by atoms with E-state index in [0.717, 1.165) is 39.1 Å². The summed E-state index contributed by atoms with van der Waals surface area (Å²) in [5.74, 6) is 0. The zero-order valence-corrected chi connectivity index (χ0v) is 23.3. The van der Waals surface area contributed by atoms with Crippen LogP contribution in [-0.2, 0) is 28.4 Å². The molecule has 2 aliphatic heterocycles. The molecule has 0 N–H and O–H groups in total. The van der Waals surface area contributed by atoms with Crippen LogP contribution in [0.5, 0.6) is 0 Å². The summed E-state index contributed by atoms with van der Waals surface area (Å²) >= 11 is 0. The van der Waals surface area contributed by atoms with Crippen molar-refractivity contribution in [3.05, 3.63) is 47.5 Å². The van der Waals surface area contributed by atoms with Crippen LogP contribution in [0.4, 0.5) is 0 Å². The lowest BCUT2D eigenvalue weighted by atomic mass is 9.95. The molecule has 0 amide bonds. The Labute approximate surface area is 228 Å². The number of hydrogen-bond acceptors (Lipinski definition) is 8. The van der Waals surface area contributed by atoms with Crippen molar-refractivity contribution in [2.45, 2.75) is 24.9 Å². The van der Waals surface area contributed by atoms with Crippen LogP contribution in [-0.4, -0.2) is 116 Å². The first-order valence-electron chi connectivity index (χ1n) is 14.1. The van der Waals surface area contributed by atoms with Gasteiger partial charge in [-0.25, -0.2) is 0 Å². The molecule has 212 valence electrons. The lowest BCUT2D eigenvalue weighted by Crippen LogP contribution is -2.33. The van der Waals surface area contributed by atoms with E-state index in [4.69, 9.17) is 28.4 Å². The minimum absolute atomic E-state index is 0.177. The molecule has 2 aromatic carbocycles. The average Bonchev–Trinajstić information content (AvgIpc) is 3.19. The van der Waals surface area contributed by atoms with Gasteiger partial charge in [0, 0.05) is 25.7 Å². The van der Waals surface area contributed by atoms with Gasteiger partial charge in [0.25, 0.3) is 0 Å². The Morgan fingerprint density at radius 3 is 1.97 bits per heavy atom. The Hall–Kier alpha value is -1.62. The molecule has 8 nitrogen and oxygen atoms in total. The van der Waals surface area contributed by atoms with Crippen molar-refractivity contribution in [1.82, 2.24) is 9.80 Å². The molecule has 0 aromatic heterocycles. The summed E-state index contributed by atoms with van der Waals surface area (Å²) in [6, 6.07) is 13.9. The smallest absolute Gasteiger partial charge is 0.0701 e. The summed E-state index contributed by atoms with van der Waals surface area (Å²) in [5.41, 5.74) is 2.78. The molecule has 2 aliphatic rings. The first kappa shape index (κ1) is 29.4. The minimum Gasteiger partial charge on any atom is -0.380 e. The van der Waals surface area contributed by atoms with Crippen molar-refractivity contribution >= 4 is 10.8 Å². The second-order valence-electron chi connectivity index (χ2n) is 10.2. The third-order valence-electron chi connectivity index (χ3n) is 7.18. The maximum atomic E-state index is 6.19. The SMILES string of the molecule is CN(C)CCOCCCC1c2cc3ccccc3cc2C2COCCOCCOCCOCCOCCN12. The van der Waals surface area contributed by atoms with Crippen molar-refractivity contribution in [1.29, 1.82) is 0 Å². The maximum absolute atomic E-state index is 6.19. The topological polar surface area (TPSA) is 61.9 Å². The molecule has 2 heterocycles. The Kier molecular flexibility index (Phi) is 12.7. The molecule has 1 fully saturated rings. The Bertz CT molecular complexity index is 942. The van der Waals surface area contributed by atoms with Crippen LogP contribution in [0.3, 0.4) is 0 Å². The molecule has 38 heavy (non-hydrogen) atoms. The lowest BCUT2D eigenvalue weighted by Gasteiger charge is -2.31. The molecule has 0 aliphatic carbocycles. The van der Waals surface area contributed by atoms with Gasteiger partial charge in [-0.1, -0.05) is 24.3 Å². The van der Waals surface area contributed by atoms with Crippen LogP contribution >= 0.6 is 0 Å². The van der Waals surface area contributed by atoms with Gasteiger partial charge in [0.15, 0.2) is 0 Å². The van der Waals surface area contributed by atoms with E-state index in [1.807, 2.05) is 0 Å². The zero-order chi connectivity index (χ0) is 26.4. The van der Waals surface area contributed by atoms with Gasteiger partial charge in [-0.2, -0.15) is 0 Å². The summed E-state index contributed by atoms with van der Waals surface area (Å²) in [7, 11) is 4.15. The zero-order valence-electron chi connectivity index (χ0n) is 23.3. The molecule has 4 rings (SSSR count). The Morgan fingerprint density at radius 1 is 0.763 bits per heavy atom. The predicted octanol–water partition coefficient (Wildman–Crippen LogP) is 3.69. The molecule has 0 bridgehead atoms. The Balaban J connectivity index is 1.48. The number of nitrogens with zero attached hydrogens (tertiary/aromatic N) is 2. The van der Waals surface area contributed by atoms with Gasteiger partial charge in [0.05, 0.1) is 78.7 Å². The minimum atomic E-state index is 0.177.